The van der Waals surface area contributed by atoms with Gasteiger partial charge in [-0.05, 0) is 23.9 Å². The van der Waals surface area contributed by atoms with Crippen LogP contribution in [0.25, 0.3) is 0 Å². The minimum Gasteiger partial charge on any atom is -0.353 e. The molecule has 2 aromatic rings. The zero-order chi connectivity index (χ0) is 14.7. The van der Waals surface area contributed by atoms with Crippen LogP contribution >= 0.6 is 11.3 Å². The molecule has 0 fully saturated rings. The molecule has 2 heterocycles. The van der Waals surface area contributed by atoms with Crippen LogP contribution in [-0.2, 0) is 6.54 Å². The molecule has 0 unspecified atom stereocenters. The normalized spacial score (nSPS) is 10.1. The summed E-state index contributed by atoms with van der Waals surface area (Å²) in [6, 6.07) is 5.24. The number of aromatic nitrogens is 1. The number of aryl methyl sites for hydroxylation is 1. The molecule has 102 valence electrons. The van der Waals surface area contributed by atoms with Crippen molar-refractivity contribution in [3.8, 4) is 6.07 Å². The molecule has 0 aliphatic carbocycles. The molecule has 0 N–H and O–H groups in total. The fourth-order valence-corrected chi connectivity index (χ4v) is 2.75. The molecule has 20 heavy (non-hydrogen) atoms. The summed E-state index contributed by atoms with van der Waals surface area (Å²) in [7, 11) is 1.81. The van der Waals surface area contributed by atoms with Crippen molar-refractivity contribution in [3.05, 3.63) is 49.8 Å². The lowest BCUT2D eigenvalue weighted by molar-refractivity contribution is -0.385. The zero-order valence-electron chi connectivity index (χ0n) is 11.0. The van der Waals surface area contributed by atoms with Crippen molar-refractivity contribution in [2.75, 3.05) is 11.9 Å². The van der Waals surface area contributed by atoms with Gasteiger partial charge >= 0.3 is 0 Å². The van der Waals surface area contributed by atoms with Gasteiger partial charge in [0, 0.05) is 18.0 Å². The van der Waals surface area contributed by atoms with E-state index >= 15 is 0 Å². The first-order valence-electron chi connectivity index (χ1n) is 5.81. The van der Waals surface area contributed by atoms with Crippen molar-refractivity contribution < 1.29 is 4.92 Å². The summed E-state index contributed by atoms with van der Waals surface area (Å²) in [5.41, 5.74) is 1.21. The molecule has 0 amide bonds. The van der Waals surface area contributed by atoms with Gasteiger partial charge in [-0.25, -0.2) is 4.98 Å². The van der Waals surface area contributed by atoms with Crippen LogP contribution in [0.1, 0.15) is 16.0 Å². The maximum Gasteiger partial charge on any atom is 0.289 e. The second-order valence-electron chi connectivity index (χ2n) is 4.32. The number of rotatable bonds is 4. The average molecular weight is 288 g/mol. The highest BCUT2D eigenvalue weighted by atomic mass is 32.1. The number of hydrogen-bond donors (Lipinski definition) is 0. The molecule has 0 saturated heterocycles. The van der Waals surface area contributed by atoms with E-state index in [9.17, 15) is 10.1 Å². The summed E-state index contributed by atoms with van der Waals surface area (Å²) in [5, 5.41) is 21.8. The highest BCUT2D eigenvalue weighted by Gasteiger charge is 2.16. The van der Waals surface area contributed by atoms with Crippen molar-refractivity contribution in [1.82, 2.24) is 4.98 Å². The lowest BCUT2D eigenvalue weighted by Crippen LogP contribution is -2.18. The average Bonchev–Trinajstić information content (AvgIpc) is 2.83. The van der Waals surface area contributed by atoms with Crippen LogP contribution in [0.15, 0.2) is 23.7 Å². The first-order chi connectivity index (χ1) is 9.52. The first-order valence-corrected chi connectivity index (χ1v) is 6.69. The molecule has 0 aliphatic heterocycles. The third kappa shape index (κ3) is 2.75. The van der Waals surface area contributed by atoms with E-state index in [1.807, 2.05) is 36.4 Å². The standard InChI is InChI=1S/C13H12N4O2S/c1-9-3-4-20-12(9)8-16(2)13-10(6-14)5-11(7-15-13)17(18)19/h3-5,7H,8H2,1-2H3. The lowest BCUT2D eigenvalue weighted by Gasteiger charge is -2.18. The number of pyridine rings is 1. The molecule has 0 aliphatic rings. The van der Waals surface area contributed by atoms with Crippen LogP contribution in [0.3, 0.4) is 0 Å². The number of hydrogen-bond acceptors (Lipinski definition) is 6. The van der Waals surface area contributed by atoms with Crippen molar-refractivity contribution in [1.29, 1.82) is 5.26 Å². The van der Waals surface area contributed by atoms with Gasteiger partial charge in [0.15, 0.2) is 0 Å². The molecule has 0 atom stereocenters. The van der Waals surface area contributed by atoms with Gasteiger partial charge < -0.3 is 4.90 Å². The number of anilines is 1. The Morgan fingerprint density at radius 3 is 2.90 bits per heavy atom. The minimum absolute atomic E-state index is 0.175. The second-order valence-corrected chi connectivity index (χ2v) is 5.32. The second kappa shape index (κ2) is 5.67. The predicted octanol–water partition coefficient (Wildman–Crippen LogP) is 2.87. The Hall–Kier alpha value is -2.46. The Balaban J connectivity index is 2.30. The topological polar surface area (TPSA) is 83.1 Å². The molecule has 0 bridgehead atoms. The molecule has 0 saturated carbocycles. The van der Waals surface area contributed by atoms with Gasteiger partial charge in [0.05, 0.1) is 11.5 Å². The summed E-state index contributed by atoms with van der Waals surface area (Å²) >= 11 is 1.63. The molecule has 0 radical (unpaired) electrons. The van der Waals surface area contributed by atoms with E-state index in [4.69, 9.17) is 5.26 Å². The largest absolute Gasteiger partial charge is 0.353 e. The molecule has 2 rings (SSSR count). The summed E-state index contributed by atoms with van der Waals surface area (Å²) in [5.74, 6) is 0.450. The summed E-state index contributed by atoms with van der Waals surface area (Å²) in [6.45, 7) is 2.64. The van der Waals surface area contributed by atoms with Crippen molar-refractivity contribution in [2.45, 2.75) is 13.5 Å². The maximum atomic E-state index is 10.7. The van der Waals surface area contributed by atoms with Gasteiger partial charge in [-0.3, -0.25) is 10.1 Å². The number of nitrogens with zero attached hydrogens (tertiary/aromatic N) is 4. The number of thiophene rings is 1. The predicted molar refractivity (Wildman–Crippen MR) is 76.8 cm³/mol. The van der Waals surface area contributed by atoms with E-state index in [2.05, 4.69) is 4.98 Å². The molecular formula is C13H12N4O2S. The molecule has 2 aromatic heterocycles. The van der Waals surface area contributed by atoms with Crippen molar-refractivity contribution in [2.24, 2.45) is 0 Å². The molecule has 0 aromatic carbocycles. The van der Waals surface area contributed by atoms with Crippen LogP contribution in [0.2, 0.25) is 0 Å². The van der Waals surface area contributed by atoms with E-state index in [0.29, 0.717) is 12.4 Å². The van der Waals surface area contributed by atoms with Crippen molar-refractivity contribution >= 4 is 22.8 Å². The van der Waals surface area contributed by atoms with Crippen LogP contribution in [0.4, 0.5) is 11.5 Å². The monoisotopic (exact) mass is 288 g/mol. The SMILES string of the molecule is Cc1ccsc1CN(C)c1ncc([N+](=O)[O-])cc1C#N. The van der Waals surface area contributed by atoms with Gasteiger partial charge in [-0.1, -0.05) is 0 Å². The Morgan fingerprint density at radius 1 is 1.60 bits per heavy atom. The third-order valence-corrected chi connectivity index (χ3v) is 3.90. The highest BCUT2D eigenvalue weighted by molar-refractivity contribution is 7.10. The van der Waals surface area contributed by atoms with Crippen molar-refractivity contribution in [3.63, 3.8) is 0 Å². The fourth-order valence-electron chi connectivity index (χ4n) is 1.79. The van der Waals surface area contributed by atoms with Crippen LogP contribution in [0.5, 0.6) is 0 Å². The summed E-state index contributed by atoms with van der Waals surface area (Å²) in [4.78, 5) is 17.2. The number of nitriles is 1. The fraction of sp³-hybridized carbons (Fsp3) is 0.231. The third-order valence-electron chi connectivity index (χ3n) is 2.89. The quantitative estimate of drug-likeness (QED) is 0.638. The smallest absolute Gasteiger partial charge is 0.289 e. The van der Waals surface area contributed by atoms with Gasteiger partial charge in [-0.2, -0.15) is 5.26 Å². The Kier molecular flexibility index (Phi) is 3.96. The van der Waals surface area contributed by atoms with Gasteiger partial charge in [0.2, 0.25) is 0 Å². The van der Waals surface area contributed by atoms with Gasteiger partial charge in [-0.15, -0.1) is 11.3 Å². The Morgan fingerprint density at radius 2 is 2.35 bits per heavy atom. The van der Waals surface area contributed by atoms with E-state index in [-0.39, 0.29) is 11.3 Å². The van der Waals surface area contributed by atoms with E-state index in [1.165, 1.54) is 22.7 Å². The maximum absolute atomic E-state index is 10.7. The van der Waals surface area contributed by atoms with Gasteiger partial charge in [0.1, 0.15) is 23.6 Å². The zero-order valence-corrected chi connectivity index (χ0v) is 11.8. The number of nitro groups is 1. The van der Waals surface area contributed by atoms with E-state index < -0.39 is 4.92 Å². The highest BCUT2D eigenvalue weighted by Crippen LogP contribution is 2.24. The molecule has 7 heteroatoms. The Labute approximate surface area is 120 Å². The minimum atomic E-state index is -0.555. The van der Waals surface area contributed by atoms with E-state index in [1.54, 1.807) is 11.3 Å². The van der Waals surface area contributed by atoms with Crippen LogP contribution < -0.4 is 4.90 Å². The van der Waals surface area contributed by atoms with E-state index in [0.717, 1.165) is 0 Å². The Bertz CT molecular complexity index is 690. The summed E-state index contributed by atoms with van der Waals surface area (Å²) in [6.07, 6.45) is 1.17. The lowest BCUT2D eigenvalue weighted by atomic mass is 10.2. The van der Waals surface area contributed by atoms with Crippen LogP contribution in [0, 0.1) is 28.4 Å². The molecule has 6 nitrogen and oxygen atoms in total. The molecular weight excluding hydrogens is 276 g/mol. The molecule has 0 spiro atoms. The summed E-state index contributed by atoms with van der Waals surface area (Å²) < 4.78 is 0. The van der Waals surface area contributed by atoms with Crippen LogP contribution in [-0.4, -0.2) is 17.0 Å². The van der Waals surface area contributed by atoms with Gasteiger partial charge in [0.25, 0.3) is 5.69 Å². The first kappa shape index (κ1) is 14.0.